The summed E-state index contributed by atoms with van der Waals surface area (Å²) >= 11 is 1.61. The number of anilines is 1. The third-order valence-corrected chi connectivity index (χ3v) is 6.05. The highest BCUT2D eigenvalue weighted by Gasteiger charge is 2.16. The van der Waals surface area contributed by atoms with Crippen molar-refractivity contribution in [2.45, 2.75) is 31.3 Å². The van der Waals surface area contributed by atoms with Crippen LogP contribution < -0.4 is 15.4 Å². The minimum absolute atomic E-state index is 0.218. The number of ether oxygens (including phenoxy) is 1. The highest BCUT2D eigenvalue weighted by molar-refractivity contribution is 7.98. The van der Waals surface area contributed by atoms with Gasteiger partial charge in [-0.3, -0.25) is 4.57 Å². The number of carbonyl (C=O) groups is 1. The predicted octanol–water partition coefficient (Wildman–Crippen LogP) is 5.59. The molecule has 0 bridgehead atoms. The zero-order valence-corrected chi connectivity index (χ0v) is 20.0. The Morgan fingerprint density at radius 2 is 1.71 bits per heavy atom. The fraction of sp³-hybridized carbons (Fsp3) is 0.192. The van der Waals surface area contributed by atoms with Gasteiger partial charge in [0.15, 0.2) is 11.0 Å². The summed E-state index contributed by atoms with van der Waals surface area (Å²) in [5.41, 5.74) is 3.94. The van der Waals surface area contributed by atoms with Gasteiger partial charge in [-0.25, -0.2) is 4.79 Å². The van der Waals surface area contributed by atoms with E-state index in [1.807, 2.05) is 66.9 Å². The number of rotatable bonds is 9. The molecule has 0 radical (unpaired) electrons. The Morgan fingerprint density at radius 1 is 0.971 bits per heavy atom. The number of hydrogen-bond acceptors (Lipinski definition) is 5. The van der Waals surface area contributed by atoms with Crippen LogP contribution in [0.25, 0.3) is 5.69 Å². The second kappa shape index (κ2) is 11.4. The molecule has 1 heterocycles. The van der Waals surface area contributed by atoms with E-state index in [1.54, 1.807) is 17.8 Å². The normalized spacial score (nSPS) is 10.6. The number of hydrogen-bond donors (Lipinski definition) is 2. The molecular weight excluding hydrogens is 446 g/mol. The number of para-hydroxylation sites is 2. The quantitative estimate of drug-likeness (QED) is 0.310. The first-order valence-corrected chi connectivity index (χ1v) is 12.1. The zero-order chi connectivity index (χ0) is 23.8. The molecular formula is C26H27N5O2S. The van der Waals surface area contributed by atoms with Crippen LogP contribution in [0.2, 0.25) is 0 Å². The van der Waals surface area contributed by atoms with Gasteiger partial charge in [0, 0.05) is 11.4 Å². The third-order valence-electron chi connectivity index (χ3n) is 5.05. The van der Waals surface area contributed by atoms with Gasteiger partial charge in [-0.15, -0.1) is 10.2 Å². The van der Waals surface area contributed by atoms with Gasteiger partial charge in [0.1, 0.15) is 5.75 Å². The summed E-state index contributed by atoms with van der Waals surface area (Å²) in [6.45, 7) is 4.69. The molecule has 0 aliphatic heterocycles. The summed E-state index contributed by atoms with van der Waals surface area (Å²) in [6, 6.07) is 25.4. The van der Waals surface area contributed by atoms with E-state index < -0.39 is 0 Å². The Labute approximate surface area is 203 Å². The van der Waals surface area contributed by atoms with Crippen molar-refractivity contribution in [2.24, 2.45) is 0 Å². The first-order chi connectivity index (χ1) is 16.6. The van der Waals surface area contributed by atoms with Crippen LogP contribution in [0, 0.1) is 6.92 Å². The summed E-state index contributed by atoms with van der Waals surface area (Å²) in [6.07, 6.45) is 0. The lowest BCUT2D eigenvalue weighted by atomic mass is 10.2. The number of aromatic nitrogens is 3. The number of urea groups is 1. The minimum atomic E-state index is -0.343. The number of amides is 2. The Bertz CT molecular complexity index is 1230. The molecule has 0 aliphatic rings. The molecule has 0 unspecified atom stereocenters. The third kappa shape index (κ3) is 5.96. The molecule has 2 N–H and O–H groups in total. The van der Waals surface area contributed by atoms with Gasteiger partial charge >= 0.3 is 6.03 Å². The van der Waals surface area contributed by atoms with Crippen molar-refractivity contribution in [3.8, 4) is 11.4 Å². The van der Waals surface area contributed by atoms with E-state index in [1.165, 1.54) is 11.1 Å². The van der Waals surface area contributed by atoms with Crippen LogP contribution in [-0.4, -0.2) is 27.4 Å². The summed E-state index contributed by atoms with van der Waals surface area (Å²) in [5, 5.41) is 15.3. The van der Waals surface area contributed by atoms with Crippen molar-refractivity contribution in [3.63, 3.8) is 0 Å². The zero-order valence-electron chi connectivity index (χ0n) is 19.2. The SMILES string of the molecule is CCOc1ccccc1NC(=O)NCc1nnc(SCc2ccccc2)n1-c1ccc(C)cc1. The lowest BCUT2D eigenvalue weighted by molar-refractivity contribution is 0.251. The number of nitrogens with one attached hydrogen (secondary N) is 2. The Kier molecular flexibility index (Phi) is 7.83. The second-order valence-corrected chi connectivity index (χ2v) is 8.52. The Hall–Kier alpha value is -3.78. The van der Waals surface area contributed by atoms with Gasteiger partial charge in [-0.2, -0.15) is 0 Å². The Morgan fingerprint density at radius 3 is 2.47 bits per heavy atom. The van der Waals surface area contributed by atoms with Crippen molar-refractivity contribution in [1.29, 1.82) is 0 Å². The maximum atomic E-state index is 12.6. The fourth-order valence-corrected chi connectivity index (χ4v) is 4.29. The van der Waals surface area contributed by atoms with Crippen molar-refractivity contribution in [2.75, 3.05) is 11.9 Å². The van der Waals surface area contributed by atoms with Crippen molar-refractivity contribution >= 4 is 23.5 Å². The van der Waals surface area contributed by atoms with Crippen LogP contribution in [0.1, 0.15) is 23.9 Å². The van der Waals surface area contributed by atoms with Crippen molar-refractivity contribution < 1.29 is 9.53 Å². The smallest absolute Gasteiger partial charge is 0.319 e. The summed E-state index contributed by atoms with van der Waals surface area (Å²) in [4.78, 5) is 12.6. The number of benzene rings is 3. The molecule has 0 saturated carbocycles. The van der Waals surface area contributed by atoms with E-state index in [0.29, 0.717) is 23.9 Å². The lowest BCUT2D eigenvalue weighted by Gasteiger charge is -2.13. The molecule has 0 saturated heterocycles. The van der Waals surface area contributed by atoms with Crippen molar-refractivity contribution in [3.05, 3.63) is 95.8 Å². The second-order valence-electron chi connectivity index (χ2n) is 7.58. The van der Waals surface area contributed by atoms with Gasteiger partial charge in [0.2, 0.25) is 0 Å². The van der Waals surface area contributed by atoms with E-state index in [-0.39, 0.29) is 12.6 Å². The average Bonchev–Trinajstić information content (AvgIpc) is 3.27. The molecule has 8 heteroatoms. The largest absolute Gasteiger partial charge is 0.492 e. The predicted molar refractivity (Wildman–Crippen MR) is 136 cm³/mol. The topological polar surface area (TPSA) is 81.1 Å². The van der Waals surface area contributed by atoms with Gasteiger partial charge in [0.25, 0.3) is 0 Å². The van der Waals surface area contributed by atoms with Gasteiger partial charge in [-0.05, 0) is 43.7 Å². The molecule has 34 heavy (non-hydrogen) atoms. The van der Waals surface area contributed by atoms with Crippen LogP contribution >= 0.6 is 11.8 Å². The molecule has 4 rings (SSSR count). The number of thioether (sulfide) groups is 1. The highest BCUT2D eigenvalue weighted by atomic mass is 32.2. The molecule has 4 aromatic rings. The molecule has 2 amide bonds. The summed E-state index contributed by atoms with van der Waals surface area (Å²) < 4.78 is 7.57. The number of carbonyl (C=O) groups excluding carboxylic acids is 1. The van der Waals surface area contributed by atoms with Crippen LogP contribution in [0.3, 0.4) is 0 Å². The van der Waals surface area contributed by atoms with Gasteiger partial charge in [-0.1, -0.05) is 71.9 Å². The van der Waals surface area contributed by atoms with Crippen LogP contribution in [0.15, 0.2) is 84.0 Å². The van der Waals surface area contributed by atoms with Gasteiger partial charge < -0.3 is 15.4 Å². The van der Waals surface area contributed by atoms with E-state index in [4.69, 9.17) is 4.74 Å². The lowest BCUT2D eigenvalue weighted by Crippen LogP contribution is -2.29. The molecule has 7 nitrogen and oxygen atoms in total. The first kappa shape index (κ1) is 23.4. The molecule has 0 fully saturated rings. The first-order valence-electron chi connectivity index (χ1n) is 11.1. The maximum Gasteiger partial charge on any atom is 0.319 e. The molecule has 0 atom stereocenters. The Balaban J connectivity index is 1.50. The van der Waals surface area contributed by atoms with E-state index in [0.717, 1.165) is 16.6 Å². The molecule has 174 valence electrons. The molecule has 3 aromatic carbocycles. The van der Waals surface area contributed by atoms with Crippen LogP contribution in [0.5, 0.6) is 5.75 Å². The molecule has 0 aliphatic carbocycles. The minimum Gasteiger partial charge on any atom is -0.492 e. The van der Waals surface area contributed by atoms with E-state index >= 15 is 0 Å². The van der Waals surface area contributed by atoms with Crippen LogP contribution in [0.4, 0.5) is 10.5 Å². The average molecular weight is 474 g/mol. The van der Waals surface area contributed by atoms with Crippen molar-refractivity contribution in [1.82, 2.24) is 20.1 Å². The fourth-order valence-electron chi connectivity index (χ4n) is 3.36. The summed E-state index contributed by atoms with van der Waals surface area (Å²) in [7, 11) is 0. The summed E-state index contributed by atoms with van der Waals surface area (Å²) in [5.74, 6) is 2.04. The van der Waals surface area contributed by atoms with E-state index in [9.17, 15) is 4.79 Å². The molecule has 1 aromatic heterocycles. The standard InChI is InChI=1S/C26H27N5O2S/c1-3-33-23-12-8-7-11-22(23)28-25(32)27-17-24-29-30-26(34-18-20-9-5-4-6-10-20)31(24)21-15-13-19(2)14-16-21/h4-16H,3,17-18H2,1-2H3,(H2,27,28,32). The molecule has 0 spiro atoms. The monoisotopic (exact) mass is 473 g/mol. The van der Waals surface area contributed by atoms with E-state index in [2.05, 4.69) is 45.1 Å². The maximum absolute atomic E-state index is 12.6. The number of nitrogens with zero attached hydrogens (tertiary/aromatic N) is 3. The van der Waals surface area contributed by atoms with Gasteiger partial charge in [0.05, 0.1) is 18.8 Å². The van der Waals surface area contributed by atoms with Crippen LogP contribution in [-0.2, 0) is 12.3 Å². The number of aryl methyl sites for hydroxylation is 1. The highest BCUT2D eigenvalue weighted by Crippen LogP contribution is 2.26.